The van der Waals surface area contributed by atoms with Gasteiger partial charge in [0.1, 0.15) is 5.25 Å². The van der Waals surface area contributed by atoms with Gasteiger partial charge in [0.05, 0.1) is 5.69 Å². The molecule has 2 aromatic carbocycles. The Hall–Kier alpha value is -2.86. The first-order valence-corrected chi connectivity index (χ1v) is 10.4. The highest BCUT2D eigenvalue weighted by atomic mass is 32.2. The van der Waals surface area contributed by atoms with Gasteiger partial charge in [-0.3, -0.25) is 14.5 Å². The number of hydrogen-bond donors (Lipinski definition) is 1. The van der Waals surface area contributed by atoms with E-state index < -0.39 is 5.25 Å². The summed E-state index contributed by atoms with van der Waals surface area (Å²) in [5.41, 5.74) is 4.76. The van der Waals surface area contributed by atoms with Crippen molar-refractivity contribution < 1.29 is 9.59 Å². The molecule has 0 aromatic heterocycles. The molecule has 0 unspecified atom stereocenters. The van der Waals surface area contributed by atoms with E-state index in [4.69, 9.17) is 0 Å². The Labute approximate surface area is 175 Å². The van der Waals surface area contributed by atoms with E-state index in [1.807, 2.05) is 63.2 Å². The molecule has 1 aliphatic rings. The quantitative estimate of drug-likeness (QED) is 0.703. The largest absolute Gasteiger partial charge is 0.326 e. The van der Waals surface area contributed by atoms with Crippen LogP contribution in [0.3, 0.4) is 0 Å². The zero-order chi connectivity index (χ0) is 21.0. The first-order chi connectivity index (χ1) is 13.9. The Morgan fingerprint density at radius 3 is 2.66 bits per heavy atom. The molecule has 150 valence electrons. The van der Waals surface area contributed by atoms with Gasteiger partial charge in [-0.05, 0) is 44.0 Å². The third-order valence-electron chi connectivity index (χ3n) is 4.69. The summed E-state index contributed by atoms with van der Waals surface area (Å²) in [5.74, 6) is -0.295. The average Bonchev–Trinajstić information content (AvgIpc) is 2.95. The zero-order valence-electron chi connectivity index (χ0n) is 16.9. The molecule has 2 aromatic rings. The number of amidine groups is 1. The summed E-state index contributed by atoms with van der Waals surface area (Å²) in [7, 11) is 0. The molecule has 5 nitrogen and oxygen atoms in total. The predicted molar refractivity (Wildman–Crippen MR) is 121 cm³/mol. The number of nitrogens with zero attached hydrogens (tertiary/aromatic N) is 2. The van der Waals surface area contributed by atoms with Gasteiger partial charge in [0.2, 0.25) is 11.8 Å². The number of para-hydroxylation sites is 1. The number of aliphatic imine (C=N–C) groups is 1. The lowest BCUT2D eigenvalue weighted by Crippen LogP contribution is -2.33. The normalized spacial score (nSPS) is 17.6. The maximum Gasteiger partial charge on any atom is 0.242 e. The smallest absolute Gasteiger partial charge is 0.242 e. The lowest BCUT2D eigenvalue weighted by Gasteiger charge is -2.14. The Bertz CT molecular complexity index is 984. The summed E-state index contributed by atoms with van der Waals surface area (Å²) in [6, 6.07) is 13.6. The molecule has 1 N–H and O–H groups in total. The second-order valence-corrected chi connectivity index (χ2v) is 8.27. The van der Waals surface area contributed by atoms with E-state index in [1.54, 1.807) is 11.0 Å². The second kappa shape index (κ2) is 9.09. The van der Waals surface area contributed by atoms with Crippen molar-refractivity contribution in [3.8, 4) is 0 Å². The fourth-order valence-corrected chi connectivity index (χ4v) is 4.30. The van der Waals surface area contributed by atoms with Gasteiger partial charge in [0.15, 0.2) is 5.17 Å². The van der Waals surface area contributed by atoms with Gasteiger partial charge in [0, 0.05) is 18.7 Å². The third kappa shape index (κ3) is 4.95. The monoisotopic (exact) mass is 407 g/mol. The third-order valence-corrected chi connectivity index (χ3v) is 5.87. The van der Waals surface area contributed by atoms with Crippen LogP contribution in [0.15, 0.2) is 60.1 Å². The summed E-state index contributed by atoms with van der Waals surface area (Å²) >= 11 is 1.33. The van der Waals surface area contributed by atoms with Crippen LogP contribution in [-0.2, 0) is 9.59 Å². The molecular weight excluding hydrogens is 382 g/mol. The minimum absolute atomic E-state index is 0.0945. The first kappa shape index (κ1) is 20.9. The highest BCUT2D eigenvalue weighted by Crippen LogP contribution is 2.32. The Morgan fingerprint density at radius 1 is 1.21 bits per heavy atom. The van der Waals surface area contributed by atoms with Crippen LogP contribution in [-0.4, -0.2) is 33.7 Å². The maximum absolute atomic E-state index is 12.9. The number of carbonyl (C=O) groups excluding carboxylic acids is 2. The van der Waals surface area contributed by atoms with Crippen molar-refractivity contribution in [1.29, 1.82) is 0 Å². The van der Waals surface area contributed by atoms with Gasteiger partial charge in [-0.2, -0.15) is 0 Å². The van der Waals surface area contributed by atoms with Crippen LogP contribution in [0.4, 0.5) is 11.4 Å². The molecule has 1 fully saturated rings. The van der Waals surface area contributed by atoms with Crippen LogP contribution in [0.1, 0.15) is 23.1 Å². The molecule has 0 spiro atoms. The van der Waals surface area contributed by atoms with Crippen molar-refractivity contribution in [3.05, 3.63) is 71.8 Å². The Morgan fingerprint density at radius 2 is 1.97 bits per heavy atom. The minimum atomic E-state index is -0.497. The van der Waals surface area contributed by atoms with E-state index in [1.165, 1.54) is 11.8 Å². The van der Waals surface area contributed by atoms with Crippen molar-refractivity contribution in [1.82, 2.24) is 4.90 Å². The van der Waals surface area contributed by atoms with E-state index in [9.17, 15) is 9.59 Å². The topological polar surface area (TPSA) is 61.8 Å². The fraction of sp³-hybridized carbons (Fsp3) is 0.261. The molecule has 2 amide bonds. The van der Waals surface area contributed by atoms with Gasteiger partial charge in [-0.25, -0.2) is 4.99 Å². The molecule has 1 atom stereocenters. The number of nitrogens with one attached hydrogen (secondary N) is 1. The molecule has 29 heavy (non-hydrogen) atoms. The molecule has 1 aliphatic heterocycles. The van der Waals surface area contributed by atoms with Crippen LogP contribution in [0.5, 0.6) is 0 Å². The van der Waals surface area contributed by atoms with Crippen LogP contribution in [0.2, 0.25) is 0 Å². The first-order valence-electron chi connectivity index (χ1n) is 9.49. The fourth-order valence-electron chi connectivity index (χ4n) is 3.14. The SMILES string of the molecule is C=CCN1C(=O)[C@@H](CC(=O)Nc2ccc(C)cc2C)SC1=Nc1ccccc1C. The van der Waals surface area contributed by atoms with Crippen molar-refractivity contribution in [2.75, 3.05) is 11.9 Å². The highest BCUT2D eigenvalue weighted by Gasteiger charge is 2.38. The van der Waals surface area contributed by atoms with Gasteiger partial charge in [-0.15, -0.1) is 6.58 Å². The van der Waals surface area contributed by atoms with Crippen molar-refractivity contribution in [2.24, 2.45) is 4.99 Å². The van der Waals surface area contributed by atoms with Crippen molar-refractivity contribution >= 4 is 40.1 Å². The molecule has 0 bridgehead atoms. The number of carbonyl (C=O) groups is 2. The van der Waals surface area contributed by atoms with Crippen LogP contribution in [0.25, 0.3) is 0 Å². The standard InChI is InChI=1S/C23H25N3O2S/c1-5-12-26-22(28)20(29-23(26)25-18-9-7-6-8-16(18)3)14-21(27)24-19-11-10-15(2)13-17(19)4/h5-11,13,20H,1,12,14H2,2-4H3,(H,24,27)/t20-/m1/s1. The van der Waals surface area contributed by atoms with Crippen molar-refractivity contribution in [2.45, 2.75) is 32.4 Å². The predicted octanol–water partition coefficient (Wildman–Crippen LogP) is 4.76. The van der Waals surface area contributed by atoms with E-state index in [2.05, 4.69) is 16.9 Å². The van der Waals surface area contributed by atoms with Gasteiger partial charge in [-0.1, -0.05) is 53.7 Å². The summed E-state index contributed by atoms with van der Waals surface area (Å²) < 4.78 is 0. The number of anilines is 1. The Kier molecular flexibility index (Phi) is 6.54. The molecule has 0 radical (unpaired) electrons. The number of aryl methyl sites for hydroxylation is 3. The second-order valence-electron chi connectivity index (χ2n) is 7.10. The number of benzene rings is 2. The Balaban J connectivity index is 1.76. The number of hydrogen-bond acceptors (Lipinski definition) is 4. The zero-order valence-corrected chi connectivity index (χ0v) is 17.8. The molecule has 0 saturated carbocycles. The summed E-state index contributed by atoms with van der Waals surface area (Å²) in [4.78, 5) is 31.7. The van der Waals surface area contributed by atoms with Gasteiger partial charge >= 0.3 is 0 Å². The van der Waals surface area contributed by atoms with Crippen LogP contribution >= 0.6 is 11.8 Å². The van der Waals surface area contributed by atoms with E-state index in [0.717, 1.165) is 28.1 Å². The number of rotatable bonds is 6. The van der Waals surface area contributed by atoms with E-state index in [0.29, 0.717) is 11.7 Å². The van der Waals surface area contributed by atoms with Gasteiger partial charge in [0.25, 0.3) is 0 Å². The van der Waals surface area contributed by atoms with Crippen LogP contribution < -0.4 is 5.32 Å². The van der Waals surface area contributed by atoms with Gasteiger partial charge < -0.3 is 5.32 Å². The summed E-state index contributed by atoms with van der Waals surface area (Å²) in [6.45, 7) is 10.1. The average molecular weight is 408 g/mol. The van der Waals surface area contributed by atoms with E-state index >= 15 is 0 Å². The summed E-state index contributed by atoms with van der Waals surface area (Å²) in [5, 5.41) is 3.03. The summed E-state index contributed by atoms with van der Waals surface area (Å²) in [6.07, 6.45) is 1.77. The minimum Gasteiger partial charge on any atom is -0.326 e. The van der Waals surface area contributed by atoms with Crippen LogP contribution in [0, 0.1) is 20.8 Å². The maximum atomic E-state index is 12.9. The lowest BCUT2D eigenvalue weighted by atomic mass is 10.1. The number of amides is 2. The molecule has 0 aliphatic carbocycles. The molecular formula is C23H25N3O2S. The molecule has 1 heterocycles. The lowest BCUT2D eigenvalue weighted by molar-refractivity contribution is -0.127. The molecule has 6 heteroatoms. The highest BCUT2D eigenvalue weighted by molar-refractivity contribution is 8.15. The number of thioether (sulfide) groups is 1. The molecule has 1 saturated heterocycles. The van der Waals surface area contributed by atoms with Crippen molar-refractivity contribution in [3.63, 3.8) is 0 Å². The molecule has 3 rings (SSSR count). The van der Waals surface area contributed by atoms with E-state index in [-0.39, 0.29) is 18.2 Å².